The fourth-order valence-corrected chi connectivity index (χ4v) is 6.87. The number of benzene rings is 4. The molecule has 5 atom stereocenters. The quantitative estimate of drug-likeness (QED) is 0.190. The molecule has 2 aliphatic heterocycles. The second kappa shape index (κ2) is 13.7. The number of thioether (sulfide) groups is 1. The first-order valence-electron chi connectivity index (χ1n) is 14.2. The number of hydrogen-bond donors (Lipinski definition) is 0. The zero-order valence-electron chi connectivity index (χ0n) is 23.3. The molecular formula is C35H36O5S. The van der Waals surface area contributed by atoms with Crippen LogP contribution in [-0.4, -0.2) is 37.8 Å². The first kappa shape index (κ1) is 28.0. The van der Waals surface area contributed by atoms with E-state index in [-0.39, 0.29) is 30.3 Å². The first-order chi connectivity index (χ1) is 20.3. The van der Waals surface area contributed by atoms with Gasteiger partial charge in [-0.1, -0.05) is 91.0 Å². The second-order valence-corrected chi connectivity index (χ2v) is 11.6. The lowest BCUT2D eigenvalue weighted by Crippen LogP contribution is -2.56. The summed E-state index contributed by atoms with van der Waals surface area (Å²) in [5.41, 5.74) is 4.53. The molecule has 0 amide bonds. The predicted molar refractivity (Wildman–Crippen MR) is 161 cm³/mol. The van der Waals surface area contributed by atoms with E-state index in [0.29, 0.717) is 26.4 Å². The molecule has 2 aliphatic rings. The van der Waals surface area contributed by atoms with E-state index in [4.69, 9.17) is 23.7 Å². The van der Waals surface area contributed by atoms with Gasteiger partial charge in [-0.3, -0.25) is 0 Å². The van der Waals surface area contributed by atoms with Crippen molar-refractivity contribution in [3.63, 3.8) is 0 Å². The van der Waals surface area contributed by atoms with Crippen molar-refractivity contribution in [2.75, 3.05) is 19.5 Å². The van der Waals surface area contributed by atoms with Crippen LogP contribution in [0.2, 0.25) is 0 Å². The third kappa shape index (κ3) is 6.85. The van der Waals surface area contributed by atoms with Gasteiger partial charge < -0.3 is 23.7 Å². The highest BCUT2D eigenvalue weighted by atomic mass is 32.2. The van der Waals surface area contributed by atoms with Crippen molar-refractivity contribution < 1.29 is 23.7 Å². The van der Waals surface area contributed by atoms with Crippen LogP contribution in [0.15, 0.2) is 114 Å². The number of ether oxygens (including phenoxy) is 5. The van der Waals surface area contributed by atoms with Crippen molar-refractivity contribution in [1.29, 1.82) is 0 Å². The van der Waals surface area contributed by atoms with Crippen LogP contribution < -0.4 is 4.74 Å². The van der Waals surface area contributed by atoms with Gasteiger partial charge in [-0.05, 0) is 40.5 Å². The van der Waals surface area contributed by atoms with E-state index in [1.54, 1.807) is 7.11 Å². The summed E-state index contributed by atoms with van der Waals surface area (Å²) in [5, 5.41) is 0. The Balaban J connectivity index is 1.30. The van der Waals surface area contributed by atoms with Crippen LogP contribution in [0.4, 0.5) is 0 Å². The lowest BCUT2D eigenvalue weighted by molar-refractivity contribution is -0.244. The molecule has 41 heavy (non-hydrogen) atoms. The number of rotatable bonds is 11. The molecular weight excluding hydrogens is 532 g/mol. The molecule has 0 unspecified atom stereocenters. The molecule has 0 spiro atoms. The molecule has 4 aromatic carbocycles. The van der Waals surface area contributed by atoms with E-state index in [1.165, 1.54) is 4.90 Å². The van der Waals surface area contributed by atoms with Crippen molar-refractivity contribution in [3.05, 3.63) is 131 Å². The Kier molecular flexibility index (Phi) is 9.35. The molecule has 212 valence electrons. The van der Waals surface area contributed by atoms with Gasteiger partial charge in [0.25, 0.3) is 0 Å². The fourth-order valence-electron chi connectivity index (χ4n) is 5.63. The molecule has 5 nitrogen and oxygen atoms in total. The minimum absolute atomic E-state index is 0.106. The van der Waals surface area contributed by atoms with Crippen molar-refractivity contribution in [2.24, 2.45) is 5.92 Å². The standard InChI is InChI=1S/C35H36O5S/c1-36-28-17-18-32-29(19-28)33-30(24-41-32)34(38-21-26-13-7-3-8-14-26)35(39-22-27-15-9-4-10-16-27)31(40-33)23-37-20-25-11-5-2-6-12-25/h2-19,30-31,33-35H,20-24H2,1H3/t30-,31+,33+,34+,35+/m0/s1. The van der Waals surface area contributed by atoms with Gasteiger partial charge >= 0.3 is 0 Å². The summed E-state index contributed by atoms with van der Waals surface area (Å²) in [6.07, 6.45) is -0.950. The summed E-state index contributed by atoms with van der Waals surface area (Å²) < 4.78 is 32.3. The maximum Gasteiger partial charge on any atom is 0.119 e. The van der Waals surface area contributed by atoms with E-state index < -0.39 is 0 Å². The third-order valence-corrected chi connectivity index (χ3v) is 8.98. The van der Waals surface area contributed by atoms with Crippen LogP contribution in [0.1, 0.15) is 28.4 Å². The Hall–Kier alpha value is -3.13. The van der Waals surface area contributed by atoms with Crippen molar-refractivity contribution in [3.8, 4) is 5.75 Å². The van der Waals surface area contributed by atoms with E-state index in [0.717, 1.165) is 33.8 Å². The van der Waals surface area contributed by atoms with E-state index in [9.17, 15) is 0 Å². The van der Waals surface area contributed by atoms with Crippen molar-refractivity contribution >= 4 is 11.8 Å². The average molecular weight is 569 g/mol. The van der Waals surface area contributed by atoms with Crippen LogP contribution in [0.3, 0.4) is 0 Å². The van der Waals surface area contributed by atoms with Gasteiger partial charge in [0.1, 0.15) is 18.0 Å². The largest absolute Gasteiger partial charge is 0.497 e. The van der Waals surface area contributed by atoms with Crippen LogP contribution in [0.5, 0.6) is 5.75 Å². The van der Waals surface area contributed by atoms with Crippen LogP contribution in [-0.2, 0) is 38.8 Å². The van der Waals surface area contributed by atoms with Crippen LogP contribution >= 0.6 is 11.8 Å². The molecule has 0 aliphatic carbocycles. The summed E-state index contributed by atoms with van der Waals surface area (Å²) in [7, 11) is 1.70. The number of methoxy groups -OCH3 is 1. The minimum Gasteiger partial charge on any atom is -0.497 e. The Morgan fingerprint density at radius 2 is 1.29 bits per heavy atom. The first-order valence-corrected chi connectivity index (χ1v) is 15.2. The molecule has 6 rings (SSSR count). The molecule has 0 saturated carbocycles. The van der Waals surface area contributed by atoms with E-state index >= 15 is 0 Å². The normalized spacial score (nSPS) is 23.4. The summed E-state index contributed by atoms with van der Waals surface area (Å²) >= 11 is 1.85. The number of fused-ring (bicyclic) bond motifs is 3. The highest BCUT2D eigenvalue weighted by Gasteiger charge is 2.50. The molecule has 0 radical (unpaired) electrons. The molecule has 1 saturated heterocycles. The molecule has 6 heteroatoms. The average Bonchev–Trinajstić information content (AvgIpc) is 3.04. The zero-order valence-corrected chi connectivity index (χ0v) is 24.1. The predicted octanol–water partition coefficient (Wildman–Crippen LogP) is 7.24. The van der Waals surface area contributed by atoms with Crippen LogP contribution in [0, 0.1) is 5.92 Å². The van der Waals surface area contributed by atoms with E-state index in [2.05, 4.69) is 48.5 Å². The molecule has 4 aromatic rings. The lowest BCUT2D eigenvalue weighted by Gasteiger charge is -2.48. The number of hydrogen-bond acceptors (Lipinski definition) is 6. The van der Waals surface area contributed by atoms with Crippen LogP contribution in [0.25, 0.3) is 0 Å². The molecule has 0 N–H and O–H groups in total. The molecule has 1 fully saturated rings. The van der Waals surface area contributed by atoms with Gasteiger partial charge in [-0.2, -0.15) is 0 Å². The van der Waals surface area contributed by atoms with Gasteiger partial charge in [-0.25, -0.2) is 0 Å². The van der Waals surface area contributed by atoms with Gasteiger partial charge in [0, 0.05) is 16.6 Å². The molecule has 0 bridgehead atoms. The Bertz CT molecular complexity index is 1370. The Labute approximate surface area is 246 Å². The van der Waals surface area contributed by atoms with Gasteiger partial charge in [0.2, 0.25) is 0 Å². The van der Waals surface area contributed by atoms with Gasteiger partial charge in [0.05, 0.1) is 45.7 Å². The highest BCUT2D eigenvalue weighted by Crippen LogP contribution is 2.49. The monoisotopic (exact) mass is 568 g/mol. The van der Waals surface area contributed by atoms with Gasteiger partial charge in [0.15, 0.2) is 0 Å². The SMILES string of the molecule is COc1ccc2c(c1)[C@H]1O[C@H](COCc3ccccc3)[C@@H](OCc3ccccc3)[C@H](OCc3ccccc3)[C@H]1CS2. The maximum atomic E-state index is 6.94. The second-order valence-electron chi connectivity index (χ2n) is 10.5. The Morgan fingerprint density at radius 1 is 0.707 bits per heavy atom. The summed E-state index contributed by atoms with van der Waals surface area (Å²) in [6, 6.07) is 37.1. The maximum absolute atomic E-state index is 6.94. The minimum atomic E-state index is -0.313. The lowest BCUT2D eigenvalue weighted by atomic mass is 9.83. The zero-order chi connectivity index (χ0) is 27.9. The van der Waals surface area contributed by atoms with Crippen molar-refractivity contribution in [2.45, 2.75) is 49.1 Å². The van der Waals surface area contributed by atoms with Gasteiger partial charge in [-0.15, -0.1) is 11.8 Å². The smallest absolute Gasteiger partial charge is 0.119 e. The summed E-state index contributed by atoms with van der Waals surface area (Å²) in [5.74, 6) is 1.82. The topological polar surface area (TPSA) is 46.2 Å². The molecule has 2 heterocycles. The fraction of sp³-hybridized carbons (Fsp3) is 0.314. The third-order valence-electron chi connectivity index (χ3n) is 7.74. The molecule has 0 aromatic heterocycles. The summed E-state index contributed by atoms with van der Waals surface area (Å²) in [4.78, 5) is 1.22. The van der Waals surface area contributed by atoms with E-state index in [1.807, 2.05) is 72.4 Å². The Morgan fingerprint density at radius 3 is 1.90 bits per heavy atom. The summed E-state index contributed by atoms with van der Waals surface area (Å²) in [6.45, 7) is 1.89. The highest BCUT2D eigenvalue weighted by molar-refractivity contribution is 7.99. The van der Waals surface area contributed by atoms with Crippen molar-refractivity contribution in [1.82, 2.24) is 0 Å².